The Morgan fingerprint density at radius 1 is 1.35 bits per heavy atom. The third-order valence-electron chi connectivity index (χ3n) is 4.52. The molecule has 6 nitrogen and oxygen atoms in total. The Morgan fingerprint density at radius 3 is 2.92 bits per heavy atom. The molecule has 1 aromatic carbocycles. The van der Waals surface area contributed by atoms with Gasteiger partial charge in [-0.25, -0.2) is 4.99 Å². The van der Waals surface area contributed by atoms with E-state index in [-0.39, 0.29) is 12.6 Å². The summed E-state index contributed by atoms with van der Waals surface area (Å²) in [5.74, 6) is 1.32. The predicted octanol–water partition coefficient (Wildman–Crippen LogP) is 2.66. The van der Waals surface area contributed by atoms with Gasteiger partial charge in [0.1, 0.15) is 18.0 Å². The molecule has 2 unspecified atom stereocenters. The van der Waals surface area contributed by atoms with Crippen molar-refractivity contribution < 1.29 is 14.3 Å². The van der Waals surface area contributed by atoms with Gasteiger partial charge in [0.2, 0.25) is 0 Å². The highest BCUT2D eigenvalue weighted by atomic mass is 16.5. The lowest BCUT2D eigenvalue weighted by atomic mass is 10.0. The van der Waals surface area contributed by atoms with Crippen LogP contribution in [0.25, 0.3) is 0 Å². The first kappa shape index (κ1) is 18.5. The maximum atomic E-state index is 10.2. The van der Waals surface area contributed by atoms with Crippen LogP contribution in [0.5, 0.6) is 0 Å². The zero-order valence-electron chi connectivity index (χ0n) is 15.4. The number of hydrogen-bond donors (Lipinski definition) is 2. The highest BCUT2D eigenvalue weighted by Gasteiger charge is 2.25. The van der Waals surface area contributed by atoms with Crippen molar-refractivity contribution in [3.05, 3.63) is 59.5 Å². The molecule has 2 N–H and O–H groups in total. The number of nitrogens with one attached hydrogen (secondary N) is 1. The number of aliphatic imine (C=N–C) groups is 1. The number of benzene rings is 1. The molecule has 1 aromatic heterocycles. The van der Waals surface area contributed by atoms with Crippen LogP contribution in [0.2, 0.25) is 0 Å². The molecule has 0 amide bonds. The third-order valence-corrected chi connectivity index (χ3v) is 4.52. The van der Waals surface area contributed by atoms with E-state index in [4.69, 9.17) is 9.15 Å². The van der Waals surface area contributed by atoms with Gasteiger partial charge in [-0.1, -0.05) is 24.3 Å². The van der Waals surface area contributed by atoms with Crippen LogP contribution in [0.4, 0.5) is 0 Å². The Balaban J connectivity index is 1.70. The van der Waals surface area contributed by atoms with Crippen LogP contribution in [0.3, 0.4) is 0 Å². The summed E-state index contributed by atoms with van der Waals surface area (Å²) in [7, 11) is 0. The fourth-order valence-electron chi connectivity index (χ4n) is 3.15. The van der Waals surface area contributed by atoms with Crippen molar-refractivity contribution in [3.8, 4) is 0 Å². The van der Waals surface area contributed by atoms with Gasteiger partial charge in [-0.15, -0.1) is 0 Å². The van der Waals surface area contributed by atoms with Crippen molar-refractivity contribution in [2.24, 2.45) is 4.99 Å². The summed E-state index contributed by atoms with van der Waals surface area (Å²) in [5.41, 5.74) is 2.44. The zero-order chi connectivity index (χ0) is 18.4. The summed E-state index contributed by atoms with van der Waals surface area (Å²) in [5, 5.41) is 13.5. The van der Waals surface area contributed by atoms with Gasteiger partial charge in [0.25, 0.3) is 0 Å². The van der Waals surface area contributed by atoms with E-state index in [1.807, 2.05) is 19.1 Å². The van der Waals surface area contributed by atoms with Crippen LogP contribution in [-0.2, 0) is 4.74 Å². The lowest BCUT2D eigenvalue weighted by Gasteiger charge is -2.36. The maximum Gasteiger partial charge on any atom is 0.194 e. The minimum atomic E-state index is -0.744. The number of hydrogen-bond acceptors (Lipinski definition) is 4. The van der Waals surface area contributed by atoms with Gasteiger partial charge in [0.15, 0.2) is 5.96 Å². The molecule has 0 radical (unpaired) electrons. The topological polar surface area (TPSA) is 70.2 Å². The Bertz CT molecular complexity index is 715. The summed E-state index contributed by atoms with van der Waals surface area (Å²) in [6.45, 7) is 7.31. The van der Waals surface area contributed by atoms with E-state index in [1.54, 1.807) is 18.4 Å². The summed E-state index contributed by atoms with van der Waals surface area (Å²) in [6.07, 6.45) is 0.832. The van der Waals surface area contributed by atoms with E-state index >= 15 is 0 Å². The summed E-state index contributed by atoms with van der Waals surface area (Å²) >= 11 is 0. The second kappa shape index (κ2) is 8.87. The number of nitrogens with zero attached hydrogens (tertiary/aromatic N) is 2. The van der Waals surface area contributed by atoms with Crippen LogP contribution < -0.4 is 5.32 Å². The van der Waals surface area contributed by atoms with E-state index in [1.165, 1.54) is 11.1 Å². The fraction of sp³-hybridized carbons (Fsp3) is 0.450. The third kappa shape index (κ3) is 4.45. The number of guanidine groups is 1. The fourth-order valence-corrected chi connectivity index (χ4v) is 3.15. The van der Waals surface area contributed by atoms with Gasteiger partial charge in [-0.05, 0) is 37.1 Å². The molecule has 1 aliphatic heterocycles. The Labute approximate surface area is 154 Å². The van der Waals surface area contributed by atoms with Gasteiger partial charge in [0, 0.05) is 13.1 Å². The molecule has 26 heavy (non-hydrogen) atoms. The largest absolute Gasteiger partial charge is 0.467 e. The minimum absolute atomic E-state index is 0.0174. The SMILES string of the molecule is CCNC(=NCC(O)c1ccco1)N1CCOC(c2ccccc2C)C1. The van der Waals surface area contributed by atoms with E-state index in [2.05, 4.69) is 34.3 Å². The van der Waals surface area contributed by atoms with Crippen LogP contribution in [0, 0.1) is 6.92 Å². The first-order chi connectivity index (χ1) is 12.7. The summed E-state index contributed by atoms with van der Waals surface area (Å²) in [6, 6.07) is 11.8. The highest BCUT2D eigenvalue weighted by molar-refractivity contribution is 5.80. The molecule has 0 aliphatic carbocycles. The van der Waals surface area contributed by atoms with Gasteiger partial charge >= 0.3 is 0 Å². The molecule has 1 aliphatic rings. The quantitative estimate of drug-likeness (QED) is 0.636. The second-order valence-corrected chi connectivity index (χ2v) is 6.39. The van der Waals surface area contributed by atoms with Crippen LogP contribution in [0.1, 0.15) is 36.0 Å². The molecular weight excluding hydrogens is 330 g/mol. The smallest absolute Gasteiger partial charge is 0.194 e. The van der Waals surface area contributed by atoms with Crippen molar-refractivity contribution in [2.75, 3.05) is 32.8 Å². The summed E-state index contributed by atoms with van der Waals surface area (Å²) in [4.78, 5) is 6.80. The van der Waals surface area contributed by atoms with E-state index in [0.29, 0.717) is 12.4 Å². The zero-order valence-corrected chi connectivity index (χ0v) is 15.4. The van der Waals surface area contributed by atoms with Crippen molar-refractivity contribution in [3.63, 3.8) is 0 Å². The van der Waals surface area contributed by atoms with E-state index in [0.717, 1.165) is 25.6 Å². The Kier molecular flexibility index (Phi) is 6.30. The molecule has 0 spiro atoms. The average Bonchev–Trinajstić information content (AvgIpc) is 3.20. The first-order valence-electron chi connectivity index (χ1n) is 9.11. The molecule has 2 heterocycles. The number of morpholine rings is 1. The molecule has 1 fully saturated rings. The second-order valence-electron chi connectivity index (χ2n) is 6.39. The van der Waals surface area contributed by atoms with Crippen molar-refractivity contribution in [1.29, 1.82) is 0 Å². The molecule has 1 saturated heterocycles. The molecule has 0 bridgehead atoms. The predicted molar refractivity (Wildman–Crippen MR) is 101 cm³/mol. The molecule has 3 rings (SSSR count). The lowest BCUT2D eigenvalue weighted by Crippen LogP contribution is -2.48. The monoisotopic (exact) mass is 357 g/mol. The molecule has 2 aromatic rings. The number of aryl methyl sites for hydroxylation is 1. The lowest BCUT2D eigenvalue weighted by molar-refractivity contribution is -0.00841. The average molecular weight is 357 g/mol. The summed E-state index contributed by atoms with van der Waals surface area (Å²) < 4.78 is 11.2. The van der Waals surface area contributed by atoms with Gasteiger partial charge < -0.3 is 24.5 Å². The molecule has 140 valence electrons. The van der Waals surface area contributed by atoms with Crippen LogP contribution in [0.15, 0.2) is 52.1 Å². The van der Waals surface area contributed by atoms with Crippen molar-refractivity contribution in [2.45, 2.75) is 26.1 Å². The normalized spacial score (nSPS) is 19.4. The number of aliphatic hydroxyl groups is 1. The van der Waals surface area contributed by atoms with Crippen LogP contribution >= 0.6 is 0 Å². The maximum absolute atomic E-state index is 10.2. The number of ether oxygens (including phenoxy) is 1. The van der Waals surface area contributed by atoms with E-state index < -0.39 is 6.10 Å². The number of furan rings is 1. The molecule has 2 atom stereocenters. The van der Waals surface area contributed by atoms with E-state index in [9.17, 15) is 5.11 Å². The highest BCUT2D eigenvalue weighted by Crippen LogP contribution is 2.25. The Hall–Kier alpha value is -2.31. The standard InChI is InChI=1S/C20H27N3O3/c1-3-21-20(22-13-17(24)18-9-6-11-25-18)23-10-12-26-19(14-23)16-8-5-4-7-15(16)2/h4-9,11,17,19,24H,3,10,12-14H2,1-2H3,(H,21,22). The molecule has 0 saturated carbocycles. The van der Waals surface area contributed by atoms with Gasteiger partial charge in [-0.2, -0.15) is 0 Å². The van der Waals surface area contributed by atoms with Crippen molar-refractivity contribution in [1.82, 2.24) is 10.2 Å². The van der Waals surface area contributed by atoms with Gasteiger partial charge in [-0.3, -0.25) is 0 Å². The number of aliphatic hydroxyl groups excluding tert-OH is 1. The van der Waals surface area contributed by atoms with Gasteiger partial charge in [0.05, 0.1) is 26.0 Å². The van der Waals surface area contributed by atoms with Crippen molar-refractivity contribution >= 4 is 5.96 Å². The number of rotatable bonds is 5. The van der Waals surface area contributed by atoms with Crippen LogP contribution in [-0.4, -0.2) is 48.8 Å². The molecule has 6 heteroatoms. The first-order valence-corrected chi connectivity index (χ1v) is 9.11. The molecular formula is C20H27N3O3. The Morgan fingerprint density at radius 2 is 2.19 bits per heavy atom. The minimum Gasteiger partial charge on any atom is -0.467 e.